The Morgan fingerprint density at radius 3 is 2.78 bits per heavy atom. The molecular formula is C9H10ClN3O4S. The van der Waals surface area contributed by atoms with Gasteiger partial charge in [-0.2, -0.15) is 0 Å². The van der Waals surface area contributed by atoms with E-state index in [1.807, 2.05) is 0 Å². The van der Waals surface area contributed by atoms with Crippen molar-refractivity contribution in [1.82, 2.24) is 9.97 Å². The molecule has 0 bridgehead atoms. The van der Waals surface area contributed by atoms with Crippen molar-refractivity contribution in [3.8, 4) is 0 Å². The lowest BCUT2D eigenvalue weighted by Gasteiger charge is -2.04. The predicted molar refractivity (Wildman–Crippen MR) is 65.8 cm³/mol. The maximum absolute atomic E-state index is 10.9. The number of nitrogens with zero attached hydrogens (tertiary/aromatic N) is 3. The van der Waals surface area contributed by atoms with Crippen molar-refractivity contribution in [3.05, 3.63) is 21.1 Å². The van der Waals surface area contributed by atoms with Crippen LogP contribution in [0.15, 0.2) is 5.03 Å². The van der Waals surface area contributed by atoms with Crippen LogP contribution in [0, 0.1) is 17.0 Å². The highest BCUT2D eigenvalue weighted by Crippen LogP contribution is 2.30. The Morgan fingerprint density at radius 1 is 1.56 bits per heavy atom. The number of aromatic nitrogens is 2. The van der Waals surface area contributed by atoms with E-state index in [0.29, 0.717) is 5.75 Å². The summed E-state index contributed by atoms with van der Waals surface area (Å²) >= 11 is 6.72. The lowest BCUT2D eigenvalue weighted by atomic mass is 10.4. The number of carbonyl (C=O) groups is 1. The molecule has 0 fully saturated rings. The minimum atomic E-state index is -0.563. The van der Waals surface area contributed by atoms with Gasteiger partial charge in [0.05, 0.1) is 18.5 Å². The number of methoxy groups -OCH3 is 1. The number of hydrogen-bond acceptors (Lipinski definition) is 7. The van der Waals surface area contributed by atoms with Gasteiger partial charge < -0.3 is 4.74 Å². The first kappa shape index (κ1) is 14.7. The normalized spacial score (nSPS) is 10.2. The van der Waals surface area contributed by atoms with E-state index in [1.165, 1.54) is 14.0 Å². The number of esters is 1. The summed E-state index contributed by atoms with van der Waals surface area (Å²) in [6, 6.07) is 0. The molecule has 18 heavy (non-hydrogen) atoms. The molecule has 1 heterocycles. The Kier molecular flexibility index (Phi) is 5.29. The quantitative estimate of drug-likeness (QED) is 0.204. The Bertz CT molecular complexity index is 483. The van der Waals surface area contributed by atoms with Gasteiger partial charge in [0.25, 0.3) is 0 Å². The number of carbonyl (C=O) groups excluding carboxylic acids is 1. The second-order valence-electron chi connectivity index (χ2n) is 3.16. The maximum atomic E-state index is 10.9. The van der Waals surface area contributed by atoms with Crippen LogP contribution in [0.3, 0.4) is 0 Å². The molecule has 1 aromatic rings. The Hall–Kier alpha value is -1.41. The zero-order chi connectivity index (χ0) is 13.7. The number of aryl methyl sites for hydroxylation is 1. The van der Waals surface area contributed by atoms with Crippen LogP contribution in [0.1, 0.15) is 12.1 Å². The molecule has 0 aromatic carbocycles. The molecule has 0 N–H and O–H groups in total. The zero-order valence-electron chi connectivity index (χ0n) is 9.68. The first-order valence-electron chi connectivity index (χ1n) is 4.84. The number of nitro groups is 1. The zero-order valence-corrected chi connectivity index (χ0v) is 11.2. The van der Waals surface area contributed by atoms with E-state index in [4.69, 9.17) is 11.6 Å². The highest BCUT2D eigenvalue weighted by molar-refractivity contribution is 7.99. The van der Waals surface area contributed by atoms with E-state index >= 15 is 0 Å². The monoisotopic (exact) mass is 291 g/mol. The van der Waals surface area contributed by atoms with Crippen molar-refractivity contribution in [2.75, 3.05) is 12.9 Å². The third-order valence-electron chi connectivity index (χ3n) is 1.95. The number of rotatable bonds is 5. The van der Waals surface area contributed by atoms with Gasteiger partial charge in [0.2, 0.25) is 5.28 Å². The average molecular weight is 292 g/mol. The molecule has 0 amide bonds. The molecule has 9 heteroatoms. The molecule has 7 nitrogen and oxygen atoms in total. The van der Waals surface area contributed by atoms with Gasteiger partial charge in [0.15, 0.2) is 5.03 Å². The predicted octanol–water partition coefficient (Wildman–Crippen LogP) is 2.00. The first-order valence-corrected chi connectivity index (χ1v) is 6.20. The Morgan fingerprint density at radius 2 is 2.22 bits per heavy atom. The highest BCUT2D eigenvalue weighted by atomic mass is 35.5. The van der Waals surface area contributed by atoms with Gasteiger partial charge in [-0.25, -0.2) is 9.97 Å². The fraction of sp³-hybridized carbons (Fsp3) is 0.444. The van der Waals surface area contributed by atoms with E-state index in [1.54, 1.807) is 0 Å². The van der Waals surface area contributed by atoms with E-state index in [9.17, 15) is 14.9 Å². The lowest BCUT2D eigenvalue weighted by Crippen LogP contribution is -2.03. The van der Waals surface area contributed by atoms with Gasteiger partial charge in [-0.05, 0) is 18.5 Å². The molecule has 0 unspecified atom stereocenters. The molecule has 0 radical (unpaired) electrons. The summed E-state index contributed by atoms with van der Waals surface area (Å²) in [4.78, 5) is 28.8. The van der Waals surface area contributed by atoms with Gasteiger partial charge in [0, 0.05) is 5.75 Å². The molecular weight excluding hydrogens is 282 g/mol. The number of halogens is 1. The van der Waals surface area contributed by atoms with Crippen molar-refractivity contribution in [2.24, 2.45) is 0 Å². The summed E-state index contributed by atoms with van der Waals surface area (Å²) in [6.07, 6.45) is 0.138. The lowest BCUT2D eigenvalue weighted by molar-refractivity contribution is -0.389. The van der Waals surface area contributed by atoms with Gasteiger partial charge in [-0.15, -0.1) is 0 Å². The molecule has 0 atom stereocenters. The van der Waals surface area contributed by atoms with E-state index in [0.717, 1.165) is 11.8 Å². The summed E-state index contributed by atoms with van der Waals surface area (Å²) < 4.78 is 4.47. The molecule has 1 rings (SSSR count). The van der Waals surface area contributed by atoms with Crippen molar-refractivity contribution in [1.29, 1.82) is 0 Å². The fourth-order valence-electron chi connectivity index (χ4n) is 1.15. The van der Waals surface area contributed by atoms with Crippen molar-refractivity contribution in [3.63, 3.8) is 0 Å². The molecule has 0 saturated carbocycles. The maximum Gasteiger partial charge on any atom is 0.322 e. The largest absolute Gasteiger partial charge is 0.469 e. The smallest absolute Gasteiger partial charge is 0.322 e. The van der Waals surface area contributed by atoms with E-state index in [-0.39, 0.29) is 34.1 Å². The number of ether oxygens (including phenoxy) is 1. The van der Waals surface area contributed by atoms with E-state index < -0.39 is 4.92 Å². The third kappa shape index (κ3) is 3.81. The summed E-state index contributed by atoms with van der Waals surface area (Å²) in [7, 11) is 1.28. The Labute approximate surface area is 112 Å². The van der Waals surface area contributed by atoms with Crippen LogP contribution >= 0.6 is 23.4 Å². The summed E-state index contributed by atoms with van der Waals surface area (Å²) in [6.45, 7) is 1.48. The van der Waals surface area contributed by atoms with Crippen molar-refractivity contribution >= 4 is 35.0 Å². The minimum Gasteiger partial charge on any atom is -0.469 e. The second kappa shape index (κ2) is 6.50. The van der Waals surface area contributed by atoms with Gasteiger partial charge in [-0.3, -0.25) is 14.9 Å². The SMILES string of the molecule is COC(=O)CCSc1nc(Cl)nc(C)c1[N+](=O)[O-]. The van der Waals surface area contributed by atoms with Crippen LogP contribution < -0.4 is 0 Å². The number of thioether (sulfide) groups is 1. The van der Waals surface area contributed by atoms with Gasteiger partial charge >= 0.3 is 11.7 Å². The summed E-state index contributed by atoms with van der Waals surface area (Å²) in [5.74, 6) is -0.0673. The summed E-state index contributed by atoms with van der Waals surface area (Å²) in [5.41, 5.74) is 0.00911. The van der Waals surface area contributed by atoms with E-state index in [2.05, 4.69) is 14.7 Å². The summed E-state index contributed by atoms with van der Waals surface area (Å²) in [5, 5.41) is 11.0. The van der Waals surface area contributed by atoms with Crippen LogP contribution in [0.2, 0.25) is 5.28 Å². The van der Waals surface area contributed by atoms with Crippen LogP contribution in [0.25, 0.3) is 0 Å². The van der Waals surface area contributed by atoms with Crippen molar-refractivity contribution in [2.45, 2.75) is 18.4 Å². The molecule has 0 saturated heterocycles. The molecule has 0 aliphatic heterocycles. The van der Waals surface area contributed by atoms with Gasteiger partial charge in [-0.1, -0.05) is 11.8 Å². The molecule has 0 aliphatic carbocycles. The second-order valence-corrected chi connectivity index (χ2v) is 4.59. The Balaban J connectivity index is 2.87. The van der Waals surface area contributed by atoms with Crippen molar-refractivity contribution < 1.29 is 14.5 Å². The highest BCUT2D eigenvalue weighted by Gasteiger charge is 2.22. The van der Waals surface area contributed by atoms with Crippen LogP contribution in [-0.2, 0) is 9.53 Å². The molecule has 1 aromatic heterocycles. The number of hydrogen-bond donors (Lipinski definition) is 0. The van der Waals surface area contributed by atoms with Crippen LogP contribution in [0.4, 0.5) is 5.69 Å². The average Bonchev–Trinajstić information content (AvgIpc) is 2.27. The molecule has 98 valence electrons. The van der Waals surface area contributed by atoms with Gasteiger partial charge in [0.1, 0.15) is 5.69 Å². The standard InChI is InChI=1S/C9H10ClN3O4S/c1-5-7(13(15)16)8(12-9(10)11-5)18-4-3-6(14)17-2/h3-4H2,1-2H3. The minimum absolute atomic E-state index is 0.0568. The van der Waals surface area contributed by atoms with Crippen LogP contribution in [0.5, 0.6) is 0 Å². The third-order valence-corrected chi connectivity index (χ3v) is 3.09. The van der Waals surface area contributed by atoms with Crippen LogP contribution in [-0.4, -0.2) is 33.7 Å². The fourth-order valence-corrected chi connectivity index (χ4v) is 2.39. The topological polar surface area (TPSA) is 95.2 Å². The first-order chi connectivity index (χ1) is 8.45. The molecule has 0 aliphatic rings. The molecule has 0 spiro atoms.